The highest BCUT2D eigenvalue weighted by atomic mass is 16.5. The van der Waals surface area contributed by atoms with E-state index in [9.17, 15) is 9.59 Å². The van der Waals surface area contributed by atoms with Gasteiger partial charge in [0.15, 0.2) is 11.5 Å². The first-order valence-electron chi connectivity index (χ1n) is 10.1. The molecule has 0 fully saturated rings. The van der Waals surface area contributed by atoms with Gasteiger partial charge in [0, 0.05) is 11.6 Å². The van der Waals surface area contributed by atoms with Gasteiger partial charge in [-0.05, 0) is 49.7 Å². The van der Waals surface area contributed by atoms with Crippen LogP contribution in [0.2, 0.25) is 0 Å². The Kier molecular flexibility index (Phi) is 7.33. The SMILES string of the molecule is COc1ccc(C(=O)N/C(=C\c2ccco2)C(=O)N[C@@H](C)c2ccc(C)cc2)cc1OC. The first-order valence-corrected chi connectivity index (χ1v) is 10.1. The van der Waals surface area contributed by atoms with E-state index in [4.69, 9.17) is 13.9 Å². The highest BCUT2D eigenvalue weighted by molar-refractivity contribution is 6.05. The number of ether oxygens (including phenoxy) is 2. The third-order valence-electron chi connectivity index (χ3n) is 4.89. The van der Waals surface area contributed by atoms with Gasteiger partial charge in [0.2, 0.25) is 0 Å². The van der Waals surface area contributed by atoms with E-state index in [0.717, 1.165) is 11.1 Å². The zero-order valence-corrected chi connectivity index (χ0v) is 18.5. The van der Waals surface area contributed by atoms with Crippen LogP contribution in [0.15, 0.2) is 71.0 Å². The molecule has 2 N–H and O–H groups in total. The van der Waals surface area contributed by atoms with Crippen molar-refractivity contribution in [2.45, 2.75) is 19.9 Å². The van der Waals surface area contributed by atoms with Crippen molar-refractivity contribution in [2.24, 2.45) is 0 Å². The minimum absolute atomic E-state index is 0.0543. The molecule has 32 heavy (non-hydrogen) atoms. The molecule has 3 aromatic rings. The standard InChI is InChI=1S/C25H26N2O5/c1-16-7-9-18(10-8-16)17(2)26-25(29)21(15-20-6-5-13-32-20)27-24(28)19-11-12-22(30-3)23(14-19)31-4/h5-15,17H,1-4H3,(H,26,29)(H,27,28)/b21-15-/t17-/m0/s1. The fourth-order valence-corrected chi connectivity index (χ4v) is 3.06. The van der Waals surface area contributed by atoms with Gasteiger partial charge in [-0.25, -0.2) is 0 Å². The predicted molar refractivity (Wildman–Crippen MR) is 121 cm³/mol. The van der Waals surface area contributed by atoms with Crippen LogP contribution in [0.25, 0.3) is 6.08 Å². The second-order valence-corrected chi connectivity index (χ2v) is 7.20. The van der Waals surface area contributed by atoms with E-state index in [2.05, 4.69) is 10.6 Å². The van der Waals surface area contributed by atoms with Gasteiger partial charge in [0.05, 0.1) is 26.5 Å². The number of benzene rings is 2. The topological polar surface area (TPSA) is 89.8 Å². The number of nitrogens with one attached hydrogen (secondary N) is 2. The molecular weight excluding hydrogens is 408 g/mol. The summed E-state index contributed by atoms with van der Waals surface area (Å²) in [5.41, 5.74) is 2.45. The van der Waals surface area contributed by atoms with E-state index in [-0.39, 0.29) is 11.7 Å². The van der Waals surface area contributed by atoms with Crippen LogP contribution in [0.5, 0.6) is 11.5 Å². The number of carbonyl (C=O) groups is 2. The zero-order valence-electron chi connectivity index (χ0n) is 18.5. The molecular formula is C25H26N2O5. The maximum absolute atomic E-state index is 13.0. The molecule has 0 spiro atoms. The molecule has 0 aliphatic carbocycles. The van der Waals surface area contributed by atoms with E-state index >= 15 is 0 Å². The summed E-state index contributed by atoms with van der Waals surface area (Å²) >= 11 is 0. The summed E-state index contributed by atoms with van der Waals surface area (Å²) in [5.74, 6) is 0.435. The molecule has 2 amide bonds. The summed E-state index contributed by atoms with van der Waals surface area (Å²) in [7, 11) is 3.00. The molecule has 7 heteroatoms. The monoisotopic (exact) mass is 434 g/mol. The molecule has 7 nitrogen and oxygen atoms in total. The lowest BCUT2D eigenvalue weighted by Crippen LogP contribution is -2.36. The quantitative estimate of drug-likeness (QED) is 0.517. The Labute approximate surface area is 187 Å². The van der Waals surface area contributed by atoms with Gasteiger partial charge in [-0.15, -0.1) is 0 Å². The van der Waals surface area contributed by atoms with Gasteiger partial charge >= 0.3 is 0 Å². The van der Waals surface area contributed by atoms with Crippen molar-refractivity contribution in [3.05, 3.63) is 89.0 Å². The summed E-state index contributed by atoms with van der Waals surface area (Å²) in [5, 5.41) is 5.60. The van der Waals surface area contributed by atoms with Gasteiger partial charge in [0.25, 0.3) is 11.8 Å². The fraction of sp³-hybridized carbons (Fsp3) is 0.200. The summed E-state index contributed by atoms with van der Waals surface area (Å²) in [6.07, 6.45) is 2.97. The van der Waals surface area contributed by atoms with Crippen molar-refractivity contribution in [1.82, 2.24) is 10.6 Å². The number of methoxy groups -OCH3 is 2. The van der Waals surface area contributed by atoms with Gasteiger partial charge in [-0.3, -0.25) is 9.59 Å². The Morgan fingerprint density at radius 3 is 2.34 bits per heavy atom. The minimum Gasteiger partial charge on any atom is -0.493 e. The van der Waals surface area contributed by atoms with Crippen LogP contribution in [0, 0.1) is 6.92 Å². The van der Waals surface area contributed by atoms with Crippen molar-refractivity contribution in [1.29, 1.82) is 0 Å². The third-order valence-corrected chi connectivity index (χ3v) is 4.89. The first-order chi connectivity index (χ1) is 15.4. The second kappa shape index (κ2) is 10.3. The lowest BCUT2D eigenvalue weighted by Gasteiger charge is -2.17. The molecule has 2 aromatic carbocycles. The molecule has 1 heterocycles. The van der Waals surface area contributed by atoms with E-state index in [1.807, 2.05) is 38.1 Å². The molecule has 0 bridgehead atoms. The first kappa shape index (κ1) is 22.7. The highest BCUT2D eigenvalue weighted by Gasteiger charge is 2.19. The maximum Gasteiger partial charge on any atom is 0.268 e. The van der Waals surface area contributed by atoms with Crippen LogP contribution in [-0.2, 0) is 4.79 Å². The Balaban J connectivity index is 1.82. The smallest absolute Gasteiger partial charge is 0.268 e. The Bertz CT molecular complexity index is 1100. The average molecular weight is 434 g/mol. The van der Waals surface area contributed by atoms with E-state index < -0.39 is 11.8 Å². The van der Waals surface area contributed by atoms with Crippen molar-refractivity contribution in [3.8, 4) is 11.5 Å². The second-order valence-electron chi connectivity index (χ2n) is 7.20. The average Bonchev–Trinajstić information content (AvgIpc) is 3.31. The largest absolute Gasteiger partial charge is 0.493 e. The lowest BCUT2D eigenvalue weighted by atomic mass is 10.1. The van der Waals surface area contributed by atoms with Crippen LogP contribution in [0.1, 0.15) is 40.2 Å². The summed E-state index contributed by atoms with van der Waals surface area (Å²) < 4.78 is 15.8. The number of rotatable bonds is 8. The summed E-state index contributed by atoms with van der Waals surface area (Å²) in [6.45, 7) is 3.88. The maximum atomic E-state index is 13.0. The van der Waals surface area contributed by atoms with Crippen molar-refractivity contribution in [2.75, 3.05) is 14.2 Å². The van der Waals surface area contributed by atoms with Crippen molar-refractivity contribution in [3.63, 3.8) is 0 Å². The van der Waals surface area contributed by atoms with Crippen LogP contribution in [0.4, 0.5) is 0 Å². The molecule has 1 atom stereocenters. The minimum atomic E-state index is -0.470. The molecule has 0 saturated carbocycles. The Morgan fingerprint density at radius 1 is 1.00 bits per heavy atom. The predicted octanol–water partition coefficient (Wildman–Crippen LogP) is 4.25. The number of carbonyl (C=O) groups excluding carboxylic acids is 2. The van der Waals surface area contributed by atoms with E-state index in [0.29, 0.717) is 22.8 Å². The number of amides is 2. The van der Waals surface area contributed by atoms with Crippen LogP contribution < -0.4 is 20.1 Å². The molecule has 1 aromatic heterocycles. The molecule has 3 rings (SSSR count). The van der Waals surface area contributed by atoms with Crippen LogP contribution >= 0.6 is 0 Å². The summed E-state index contributed by atoms with van der Waals surface area (Å²) in [6, 6.07) is 15.8. The van der Waals surface area contributed by atoms with Crippen molar-refractivity contribution >= 4 is 17.9 Å². The molecule has 0 aliphatic heterocycles. The number of hydrogen-bond donors (Lipinski definition) is 2. The highest BCUT2D eigenvalue weighted by Crippen LogP contribution is 2.27. The van der Waals surface area contributed by atoms with E-state index in [1.54, 1.807) is 30.3 Å². The van der Waals surface area contributed by atoms with Crippen LogP contribution in [-0.4, -0.2) is 26.0 Å². The molecule has 0 unspecified atom stereocenters. The van der Waals surface area contributed by atoms with Gasteiger partial charge in [-0.1, -0.05) is 29.8 Å². The number of aryl methyl sites for hydroxylation is 1. The number of hydrogen-bond acceptors (Lipinski definition) is 5. The normalized spacial score (nSPS) is 12.1. The zero-order chi connectivity index (χ0) is 23.1. The van der Waals surface area contributed by atoms with Crippen molar-refractivity contribution < 1.29 is 23.5 Å². The number of furan rings is 1. The Morgan fingerprint density at radius 2 is 1.72 bits per heavy atom. The fourth-order valence-electron chi connectivity index (χ4n) is 3.06. The molecule has 166 valence electrons. The molecule has 0 aliphatic rings. The Hall–Kier alpha value is -4.00. The third kappa shape index (κ3) is 5.57. The summed E-state index contributed by atoms with van der Waals surface area (Å²) in [4.78, 5) is 25.9. The van der Waals surface area contributed by atoms with Crippen LogP contribution in [0.3, 0.4) is 0 Å². The van der Waals surface area contributed by atoms with Gasteiger partial charge < -0.3 is 24.5 Å². The molecule has 0 saturated heterocycles. The van der Waals surface area contributed by atoms with E-state index in [1.165, 1.54) is 26.6 Å². The lowest BCUT2D eigenvalue weighted by molar-refractivity contribution is -0.118. The van der Waals surface area contributed by atoms with Gasteiger partial charge in [0.1, 0.15) is 11.5 Å². The van der Waals surface area contributed by atoms with Gasteiger partial charge in [-0.2, -0.15) is 0 Å². The molecule has 0 radical (unpaired) electrons.